The summed E-state index contributed by atoms with van der Waals surface area (Å²) in [4.78, 5) is 17.3. The number of morpholine rings is 1. The van der Waals surface area contributed by atoms with Gasteiger partial charge >= 0.3 is 0 Å². The van der Waals surface area contributed by atoms with Crippen molar-refractivity contribution >= 4 is 29.2 Å². The molecule has 2 aromatic carbocycles. The molecule has 2 aromatic rings. The number of hydrogen-bond donors (Lipinski definition) is 0. The molecular formula is C26H33N3O5S. The van der Waals surface area contributed by atoms with Crippen LogP contribution in [0.15, 0.2) is 41.3 Å². The molecule has 2 fully saturated rings. The van der Waals surface area contributed by atoms with E-state index in [0.717, 1.165) is 79.3 Å². The fourth-order valence-electron chi connectivity index (χ4n) is 4.69. The number of carbonyl (C=O) groups excluding carboxylic acids is 1. The molecule has 0 spiro atoms. The zero-order valence-corrected chi connectivity index (χ0v) is 21.2. The molecule has 0 bridgehead atoms. The number of nitrogens with zero attached hydrogens (tertiary/aromatic N) is 3. The Morgan fingerprint density at radius 1 is 1.09 bits per heavy atom. The minimum atomic E-state index is 0.0130. The van der Waals surface area contributed by atoms with Gasteiger partial charge in [0, 0.05) is 44.2 Å². The van der Waals surface area contributed by atoms with Crippen LogP contribution >= 0.6 is 11.9 Å². The van der Waals surface area contributed by atoms with Crippen molar-refractivity contribution in [2.75, 3.05) is 64.6 Å². The number of fused-ring (bicyclic) bond motifs is 1. The molecule has 1 unspecified atom stereocenters. The van der Waals surface area contributed by atoms with E-state index in [9.17, 15) is 4.79 Å². The predicted octanol–water partition coefficient (Wildman–Crippen LogP) is 3.95. The minimum absolute atomic E-state index is 0.0130. The molecule has 0 N–H and O–H groups in total. The lowest BCUT2D eigenvalue weighted by Crippen LogP contribution is -2.31. The number of ether oxygens (including phenoxy) is 4. The van der Waals surface area contributed by atoms with Crippen LogP contribution in [0.3, 0.4) is 0 Å². The monoisotopic (exact) mass is 499 g/mol. The fourth-order valence-corrected chi connectivity index (χ4v) is 5.71. The zero-order chi connectivity index (χ0) is 24.2. The third kappa shape index (κ3) is 5.47. The van der Waals surface area contributed by atoms with E-state index < -0.39 is 0 Å². The molecule has 8 nitrogen and oxygen atoms in total. The van der Waals surface area contributed by atoms with Crippen LogP contribution in [0, 0.1) is 0 Å². The highest BCUT2D eigenvalue weighted by molar-refractivity contribution is 7.97. The first-order valence-electron chi connectivity index (χ1n) is 12.3. The molecule has 3 heterocycles. The van der Waals surface area contributed by atoms with Gasteiger partial charge in [-0.1, -0.05) is 6.92 Å². The van der Waals surface area contributed by atoms with Crippen molar-refractivity contribution in [1.82, 2.24) is 9.21 Å². The molecule has 5 rings (SSSR count). The van der Waals surface area contributed by atoms with Crippen LogP contribution in [-0.2, 0) is 9.53 Å². The summed E-state index contributed by atoms with van der Waals surface area (Å²) >= 11 is 1.72. The highest BCUT2D eigenvalue weighted by Crippen LogP contribution is 2.42. The van der Waals surface area contributed by atoms with E-state index in [4.69, 9.17) is 18.9 Å². The van der Waals surface area contributed by atoms with E-state index in [-0.39, 0.29) is 12.0 Å². The van der Waals surface area contributed by atoms with Crippen LogP contribution in [0.2, 0.25) is 0 Å². The SMILES string of the molecule is CCC(=O)N1CCC(Oc2ccc3c(c2)N(c2ccc(OC)c(SN4CCOCC4)c2)CCO3)C1. The number of rotatable bonds is 7. The Morgan fingerprint density at radius 3 is 2.74 bits per heavy atom. The van der Waals surface area contributed by atoms with Crippen molar-refractivity contribution in [3.05, 3.63) is 36.4 Å². The smallest absolute Gasteiger partial charge is 0.222 e. The standard InChI is InChI=1S/C26H33N3O5S/c1-3-26(30)27-9-8-21(18-27)34-20-5-7-23-22(17-20)29(12-15-33-23)19-4-6-24(31-2)25(16-19)35-28-10-13-32-14-11-28/h4-7,16-17,21H,3,8-15,18H2,1-2H3. The topological polar surface area (TPSA) is 63.7 Å². The van der Waals surface area contributed by atoms with Crippen molar-refractivity contribution in [2.45, 2.75) is 30.8 Å². The van der Waals surface area contributed by atoms with Gasteiger partial charge in [0.05, 0.1) is 44.0 Å². The molecule has 188 valence electrons. The van der Waals surface area contributed by atoms with Gasteiger partial charge in [-0.05, 0) is 42.3 Å². The molecule has 9 heteroatoms. The second-order valence-corrected chi connectivity index (χ2v) is 9.96. The largest absolute Gasteiger partial charge is 0.496 e. The molecule has 2 saturated heterocycles. The molecule has 1 amide bonds. The molecule has 0 radical (unpaired) electrons. The molecule has 1 atom stereocenters. The molecular weight excluding hydrogens is 466 g/mol. The predicted molar refractivity (Wildman–Crippen MR) is 136 cm³/mol. The van der Waals surface area contributed by atoms with Crippen LogP contribution in [-0.4, -0.2) is 80.9 Å². The molecule has 0 aliphatic carbocycles. The lowest BCUT2D eigenvalue weighted by Gasteiger charge is -2.32. The highest BCUT2D eigenvalue weighted by atomic mass is 32.2. The summed E-state index contributed by atoms with van der Waals surface area (Å²) in [5.41, 5.74) is 2.07. The van der Waals surface area contributed by atoms with Gasteiger partial charge in [0.2, 0.25) is 5.91 Å². The fraction of sp³-hybridized carbons (Fsp3) is 0.500. The van der Waals surface area contributed by atoms with Gasteiger partial charge in [-0.3, -0.25) is 4.79 Å². The van der Waals surface area contributed by atoms with E-state index in [0.29, 0.717) is 19.6 Å². The molecule has 0 aromatic heterocycles. The molecule has 3 aliphatic rings. The van der Waals surface area contributed by atoms with Gasteiger partial charge in [0.25, 0.3) is 0 Å². The van der Waals surface area contributed by atoms with E-state index in [1.807, 2.05) is 30.0 Å². The number of carbonyl (C=O) groups is 1. The summed E-state index contributed by atoms with van der Waals surface area (Å²) in [5, 5.41) is 0. The normalized spacial score (nSPS) is 20.3. The first kappa shape index (κ1) is 24.1. The lowest BCUT2D eigenvalue weighted by molar-refractivity contribution is -0.130. The average Bonchev–Trinajstić information content (AvgIpc) is 3.37. The van der Waals surface area contributed by atoms with Gasteiger partial charge in [0.15, 0.2) is 0 Å². The van der Waals surface area contributed by atoms with Gasteiger partial charge < -0.3 is 28.7 Å². The number of likely N-dealkylation sites (tertiary alicyclic amines) is 1. The van der Waals surface area contributed by atoms with Crippen LogP contribution in [0.25, 0.3) is 0 Å². The van der Waals surface area contributed by atoms with Crippen molar-refractivity contribution in [1.29, 1.82) is 0 Å². The summed E-state index contributed by atoms with van der Waals surface area (Å²) < 4.78 is 25.7. The Balaban J connectivity index is 1.36. The lowest BCUT2D eigenvalue weighted by atomic mass is 10.2. The van der Waals surface area contributed by atoms with Crippen LogP contribution in [0.4, 0.5) is 11.4 Å². The van der Waals surface area contributed by atoms with Gasteiger partial charge in [0.1, 0.15) is 30.0 Å². The Hall–Kier alpha value is -2.62. The molecule has 35 heavy (non-hydrogen) atoms. The summed E-state index contributed by atoms with van der Waals surface area (Å²) in [6.07, 6.45) is 1.40. The summed E-state index contributed by atoms with van der Waals surface area (Å²) in [6.45, 7) is 7.94. The van der Waals surface area contributed by atoms with Crippen molar-refractivity contribution in [2.24, 2.45) is 0 Å². The summed E-state index contributed by atoms with van der Waals surface area (Å²) in [5.74, 6) is 2.69. The highest BCUT2D eigenvalue weighted by Gasteiger charge is 2.28. The zero-order valence-electron chi connectivity index (χ0n) is 20.4. The Kier molecular flexibility index (Phi) is 7.55. The van der Waals surface area contributed by atoms with Gasteiger partial charge in [-0.15, -0.1) is 0 Å². The Labute approximate surface area is 211 Å². The number of methoxy groups -OCH3 is 1. The average molecular weight is 500 g/mol. The van der Waals surface area contributed by atoms with Crippen LogP contribution in [0.5, 0.6) is 17.2 Å². The first-order chi connectivity index (χ1) is 17.1. The summed E-state index contributed by atoms with van der Waals surface area (Å²) in [7, 11) is 1.71. The van der Waals surface area contributed by atoms with E-state index >= 15 is 0 Å². The van der Waals surface area contributed by atoms with Crippen LogP contribution < -0.4 is 19.1 Å². The van der Waals surface area contributed by atoms with E-state index in [2.05, 4.69) is 27.4 Å². The maximum Gasteiger partial charge on any atom is 0.222 e. The molecule has 0 saturated carbocycles. The number of hydrogen-bond acceptors (Lipinski definition) is 8. The van der Waals surface area contributed by atoms with E-state index in [1.165, 1.54) is 0 Å². The third-order valence-electron chi connectivity index (χ3n) is 6.55. The maximum atomic E-state index is 12.0. The molecule has 3 aliphatic heterocycles. The van der Waals surface area contributed by atoms with Crippen molar-refractivity contribution in [3.8, 4) is 17.2 Å². The Morgan fingerprint density at radius 2 is 1.94 bits per heavy atom. The number of benzene rings is 2. The van der Waals surface area contributed by atoms with Crippen molar-refractivity contribution < 1.29 is 23.7 Å². The Bertz CT molecular complexity index is 1050. The quantitative estimate of drug-likeness (QED) is 0.531. The van der Waals surface area contributed by atoms with Gasteiger partial charge in [-0.25, -0.2) is 4.31 Å². The maximum absolute atomic E-state index is 12.0. The second kappa shape index (κ2) is 11.0. The third-order valence-corrected chi connectivity index (χ3v) is 7.69. The minimum Gasteiger partial charge on any atom is -0.496 e. The van der Waals surface area contributed by atoms with Crippen LogP contribution in [0.1, 0.15) is 19.8 Å². The van der Waals surface area contributed by atoms with E-state index in [1.54, 1.807) is 19.1 Å². The van der Waals surface area contributed by atoms with Crippen molar-refractivity contribution in [3.63, 3.8) is 0 Å². The number of anilines is 2. The first-order valence-corrected chi connectivity index (χ1v) is 13.1. The number of amides is 1. The second-order valence-electron chi connectivity index (χ2n) is 8.82. The van der Waals surface area contributed by atoms with Gasteiger partial charge in [-0.2, -0.15) is 0 Å². The summed E-state index contributed by atoms with van der Waals surface area (Å²) in [6, 6.07) is 12.3.